The van der Waals surface area contributed by atoms with E-state index in [0.717, 1.165) is 42.5 Å². The van der Waals surface area contributed by atoms with Gasteiger partial charge >= 0.3 is 5.69 Å². The van der Waals surface area contributed by atoms with Gasteiger partial charge in [0.15, 0.2) is 0 Å². The minimum absolute atomic E-state index is 0.0280. The molecule has 0 amide bonds. The van der Waals surface area contributed by atoms with Crippen LogP contribution in [0.15, 0.2) is 23.1 Å². The van der Waals surface area contributed by atoms with Crippen LogP contribution in [0.3, 0.4) is 0 Å². The summed E-state index contributed by atoms with van der Waals surface area (Å²) in [6.07, 6.45) is 3.78. The average molecular weight is 318 g/mol. The molecular formula is C15H16ClN5O. The number of hydrogen-bond donors (Lipinski definition) is 1. The average Bonchev–Trinajstić information content (AvgIpc) is 2.80. The molecule has 6 nitrogen and oxygen atoms in total. The molecule has 0 bridgehead atoms. The van der Waals surface area contributed by atoms with Gasteiger partial charge in [0, 0.05) is 13.6 Å². The summed E-state index contributed by atoms with van der Waals surface area (Å²) in [5, 5.41) is 3.77. The molecule has 4 rings (SSSR count). The van der Waals surface area contributed by atoms with Crippen LogP contribution in [0.2, 0.25) is 5.15 Å². The summed E-state index contributed by atoms with van der Waals surface area (Å²) in [5.74, 6) is 0. The quantitative estimate of drug-likeness (QED) is 0.696. The zero-order valence-electron chi connectivity index (χ0n) is 12.2. The SMILES string of the molecule is Cn1c(=O)n(C2CCCNC2)c2c3nc(Cl)ccc3ncc21. The van der Waals surface area contributed by atoms with Crippen LogP contribution < -0.4 is 11.0 Å². The summed E-state index contributed by atoms with van der Waals surface area (Å²) in [7, 11) is 1.77. The van der Waals surface area contributed by atoms with E-state index in [4.69, 9.17) is 11.6 Å². The molecule has 114 valence electrons. The van der Waals surface area contributed by atoms with Crippen LogP contribution in [0.5, 0.6) is 0 Å². The molecule has 1 aliphatic rings. The summed E-state index contributed by atoms with van der Waals surface area (Å²) in [6.45, 7) is 1.80. The van der Waals surface area contributed by atoms with E-state index in [9.17, 15) is 4.79 Å². The molecule has 22 heavy (non-hydrogen) atoms. The normalized spacial score (nSPS) is 19.1. The minimum atomic E-state index is -0.0280. The Balaban J connectivity index is 2.11. The molecule has 0 spiro atoms. The van der Waals surface area contributed by atoms with E-state index >= 15 is 0 Å². The monoisotopic (exact) mass is 317 g/mol. The Morgan fingerprint density at radius 2 is 2.27 bits per heavy atom. The Labute approximate surface area is 131 Å². The zero-order valence-corrected chi connectivity index (χ0v) is 13.0. The van der Waals surface area contributed by atoms with Gasteiger partial charge < -0.3 is 5.32 Å². The maximum Gasteiger partial charge on any atom is 0.329 e. The second kappa shape index (κ2) is 5.07. The maximum absolute atomic E-state index is 12.7. The predicted octanol–water partition coefficient (Wildman–Crippen LogP) is 1.86. The van der Waals surface area contributed by atoms with Gasteiger partial charge in [0.05, 0.1) is 28.8 Å². The second-order valence-corrected chi connectivity index (χ2v) is 6.09. The molecule has 4 heterocycles. The number of piperidine rings is 1. The van der Waals surface area contributed by atoms with Crippen molar-refractivity contribution in [1.82, 2.24) is 24.4 Å². The second-order valence-electron chi connectivity index (χ2n) is 5.71. The predicted molar refractivity (Wildman–Crippen MR) is 86.4 cm³/mol. The van der Waals surface area contributed by atoms with Crippen LogP contribution in [0.25, 0.3) is 22.1 Å². The van der Waals surface area contributed by atoms with Crippen LogP contribution in [-0.4, -0.2) is 32.2 Å². The summed E-state index contributed by atoms with van der Waals surface area (Å²) in [5.41, 5.74) is 3.03. The Morgan fingerprint density at radius 1 is 1.41 bits per heavy atom. The minimum Gasteiger partial charge on any atom is -0.315 e. The fourth-order valence-electron chi connectivity index (χ4n) is 3.26. The number of aromatic nitrogens is 4. The number of nitrogens with zero attached hydrogens (tertiary/aromatic N) is 4. The van der Waals surface area contributed by atoms with Gasteiger partial charge in [-0.2, -0.15) is 0 Å². The van der Waals surface area contributed by atoms with Crippen LogP contribution >= 0.6 is 11.6 Å². The van der Waals surface area contributed by atoms with Crippen molar-refractivity contribution >= 4 is 33.7 Å². The lowest BCUT2D eigenvalue weighted by Crippen LogP contribution is -2.36. The highest BCUT2D eigenvalue weighted by atomic mass is 35.5. The molecule has 7 heteroatoms. The Kier molecular flexibility index (Phi) is 3.16. The van der Waals surface area contributed by atoms with Crippen molar-refractivity contribution in [3.63, 3.8) is 0 Å². The molecule has 0 saturated carbocycles. The Bertz CT molecular complexity index is 923. The van der Waals surface area contributed by atoms with Crippen LogP contribution in [0.1, 0.15) is 18.9 Å². The summed E-state index contributed by atoms with van der Waals surface area (Å²) >= 11 is 6.06. The van der Waals surface area contributed by atoms with Crippen molar-refractivity contribution in [2.45, 2.75) is 18.9 Å². The van der Waals surface area contributed by atoms with Gasteiger partial charge in [-0.1, -0.05) is 11.6 Å². The van der Waals surface area contributed by atoms with Gasteiger partial charge in [0.2, 0.25) is 0 Å². The summed E-state index contributed by atoms with van der Waals surface area (Å²) in [6, 6.07) is 3.69. The fourth-order valence-corrected chi connectivity index (χ4v) is 3.40. The number of aryl methyl sites for hydroxylation is 1. The van der Waals surface area contributed by atoms with Gasteiger partial charge in [-0.05, 0) is 31.5 Å². The van der Waals surface area contributed by atoms with Crippen LogP contribution in [0, 0.1) is 0 Å². The van der Waals surface area contributed by atoms with E-state index in [0.29, 0.717) is 10.7 Å². The third-order valence-corrected chi connectivity index (χ3v) is 4.57. The number of nitrogens with one attached hydrogen (secondary N) is 1. The summed E-state index contributed by atoms with van der Waals surface area (Å²) in [4.78, 5) is 21.5. The molecule has 1 saturated heterocycles. The maximum atomic E-state index is 12.7. The third-order valence-electron chi connectivity index (χ3n) is 4.36. The van der Waals surface area contributed by atoms with E-state index in [1.54, 1.807) is 23.9 Å². The molecule has 0 aliphatic carbocycles. The smallest absolute Gasteiger partial charge is 0.315 e. The van der Waals surface area contributed by atoms with E-state index in [1.807, 2.05) is 10.6 Å². The fraction of sp³-hybridized carbons (Fsp3) is 0.400. The van der Waals surface area contributed by atoms with Crippen LogP contribution in [-0.2, 0) is 7.05 Å². The highest BCUT2D eigenvalue weighted by Crippen LogP contribution is 2.27. The third kappa shape index (κ3) is 1.94. The molecule has 1 atom stereocenters. The number of imidazole rings is 1. The topological polar surface area (TPSA) is 64.7 Å². The standard InChI is InChI=1S/C15H16ClN5O/c1-20-11-8-18-10-4-5-12(16)19-13(10)14(11)21(15(20)22)9-3-2-6-17-7-9/h4-5,8-9,17H,2-3,6-7H2,1H3. The van der Waals surface area contributed by atoms with Gasteiger partial charge in [0.1, 0.15) is 10.7 Å². The first kappa shape index (κ1) is 13.7. The van der Waals surface area contributed by atoms with E-state index in [-0.39, 0.29) is 11.7 Å². The first-order chi connectivity index (χ1) is 10.7. The molecular weight excluding hydrogens is 302 g/mol. The van der Waals surface area contributed by atoms with Gasteiger partial charge in [-0.15, -0.1) is 0 Å². The van der Waals surface area contributed by atoms with Crippen molar-refractivity contribution in [3.8, 4) is 0 Å². The lowest BCUT2D eigenvalue weighted by atomic mass is 10.1. The lowest BCUT2D eigenvalue weighted by molar-refractivity contribution is 0.369. The van der Waals surface area contributed by atoms with E-state index in [1.165, 1.54) is 0 Å². The molecule has 3 aromatic rings. The van der Waals surface area contributed by atoms with Gasteiger partial charge in [-0.3, -0.25) is 14.1 Å². The van der Waals surface area contributed by atoms with Crippen LogP contribution in [0.4, 0.5) is 0 Å². The Morgan fingerprint density at radius 3 is 3.05 bits per heavy atom. The largest absolute Gasteiger partial charge is 0.329 e. The number of fused-ring (bicyclic) bond motifs is 3. The number of halogens is 1. The van der Waals surface area contributed by atoms with Crippen molar-refractivity contribution in [3.05, 3.63) is 34.0 Å². The van der Waals surface area contributed by atoms with Crippen molar-refractivity contribution in [2.24, 2.45) is 7.05 Å². The summed E-state index contributed by atoms with van der Waals surface area (Å²) < 4.78 is 3.49. The molecule has 1 fully saturated rings. The van der Waals surface area contributed by atoms with Gasteiger partial charge in [-0.25, -0.2) is 9.78 Å². The molecule has 3 aromatic heterocycles. The number of hydrogen-bond acceptors (Lipinski definition) is 4. The van der Waals surface area contributed by atoms with Gasteiger partial charge in [0.25, 0.3) is 0 Å². The first-order valence-electron chi connectivity index (χ1n) is 7.39. The van der Waals surface area contributed by atoms with E-state index < -0.39 is 0 Å². The van der Waals surface area contributed by atoms with Crippen molar-refractivity contribution in [1.29, 1.82) is 0 Å². The molecule has 0 aromatic carbocycles. The molecule has 1 aliphatic heterocycles. The molecule has 1 unspecified atom stereocenters. The number of pyridine rings is 2. The Hall–Kier alpha value is -1.92. The first-order valence-corrected chi connectivity index (χ1v) is 7.77. The molecule has 0 radical (unpaired) electrons. The highest BCUT2D eigenvalue weighted by molar-refractivity contribution is 6.30. The highest BCUT2D eigenvalue weighted by Gasteiger charge is 2.23. The van der Waals surface area contributed by atoms with Crippen molar-refractivity contribution in [2.75, 3.05) is 13.1 Å². The lowest BCUT2D eigenvalue weighted by Gasteiger charge is -2.24. The van der Waals surface area contributed by atoms with E-state index in [2.05, 4.69) is 15.3 Å². The molecule has 1 N–H and O–H groups in total. The number of rotatable bonds is 1. The zero-order chi connectivity index (χ0) is 15.3. The van der Waals surface area contributed by atoms with Crippen molar-refractivity contribution < 1.29 is 0 Å².